The van der Waals surface area contributed by atoms with Crippen molar-refractivity contribution in [2.45, 2.75) is 65.2 Å². The number of phenolic OH excluding ortho intramolecular Hbond substituents is 1. The van der Waals surface area contributed by atoms with Gasteiger partial charge < -0.3 is 10.2 Å². The summed E-state index contributed by atoms with van der Waals surface area (Å²) < 4.78 is 0. The first kappa shape index (κ1) is 21.0. The number of hydrogen-bond acceptors (Lipinski definition) is 2. The normalized spacial score (nSPS) is 13.4. The zero-order chi connectivity index (χ0) is 20.4. The van der Waals surface area contributed by atoms with Crippen LogP contribution in [0.25, 0.3) is 0 Å². The minimum absolute atomic E-state index is 0.177. The number of hydrogen-bond donors (Lipinski definition) is 2. The van der Waals surface area contributed by atoms with Gasteiger partial charge in [0.25, 0.3) is 0 Å². The van der Waals surface area contributed by atoms with E-state index in [0.29, 0.717) is 12.2 Å². The first-order valence-corrected chi connectivity index (χ1v) is 9.59. The van der Waals surface area contributed by atoms with E-state index in [2.05, 4.69) is 45.9 Å². The van der Waals surface area contributed by atoms with E-state index in [9.17, 15) is 15.0 Å². The standard InChI is InChI=1S/C24H32O3/c1-16(22(26)27)12-13-23(3,4)19-14-17(2)21(25)20(15-19)24(5,6)18-10-8-7-9-11-18/h7-11,14-16,25H,12-13H2,1-6H3,(H,26,27). The molecule has 27 heavy (non-hydrogen) atoms. The van der Waals surface area contributed by atoms with Crippen LogP contribution in [0.3, 0.4) is 0 Å². The van der Waals surface area contributed by atoms with Gasteiger partial charge in [-0.05, 0) is 41.9 Å². The second kappa shape index (κ2) is 7.75. The zero-order valence-electron chi connectivity index (χ0n) is 17.3. The van der Waals surface area contributed by atoms with Gasteiger partial charge in [-0.1, -0.05) is 77.1 Å². The molecule has 2 aromatic rings. The van der Waals surface area contributed by atoms with Crippen molar-refractivity contribution >= 4 is 5.97 Å². The molecule has 0 aromatic heterocycles. The van der Waals surface area contributed by atoms with Crippen molar-refractivity contribution in [2.24, 2.45) is 5.92 Å². The Balaban J connectivity index is 2.45. The number of carboxylic acids is 1. The SMILES string of the molecule is Cc1cc(C(C)(C)CCC(C)C(=O)O)cc(C(C)(C)c2ccccc2)c1O. The molecule has 0 aliphatic rings. The summed E-state index contributed by atoms with van der Waals surface area (Å²) in [5.41, 5.74) is 3.53. The van der Waals surface area contributed by atoms with E-state index in [1.807, 2.05) is 31.2 Å². The van der Waals surface area contributed by atoms with Crippen molar-refractivity contribution in [2.75, 3.05) is 0 Å². The molecule has 1 unspecified atom stereocenters. The van der Waals surface area contributed by atoms with Gasteiger partial charge in [0, 0.05) is 11.0 Å². The highest BCUT2D eigenvalue weighted by atomic mass is 16.4. The monoisotopic (exact) mass is 368 g/mol. The van der Waals surface area contributed by atoms with Gasteiger partial charge in [0.05, 0.1) is 5.92 Å². The molecule has 0 spiro atoms. The lowest BCUT2D eigenvalue weighted by Gasteiger charge is -2.32. The van der Waals surface area contributed by atoms with Crippen molar-refractivity contribution in [1.29, 1.82) is 0 Å². The summed E-state index contributed by atoms with van der Waals surface area (Å²) in [6.07, 6.45) is 1.40. The number of rotatable bonds is 7. The molecule has 3 heteroatoms. The Hall–Kier alpha value is -2.29. The molecule has 3 nitrogen and oxygen atoms in total. The summed E-state index contributed by atoms with van der Waals surface area (Å²) in [7, 11) is 0. The van der Waals surface area contributed by atoms with Crippen LogP contribution < -0.4 is 0 Å². The van der Waals surface area contributed by atoms with E-state index >= 15 is 0 Å². The number of aryl methyl sites for hydroxylation is 1. The van der Waals surface area contributed by atoms with E-state index in [-0.39, 0.29) is 16.7 Å². The molecular weight excluding hydrogens is 336 g/mol. The lowest BCUT2D eigenvalue weighted by molar-refractivity contribution is -0.141. The van der Waals surface area contributed by atoms with E-state index in [0.717, 1.165) is 28.7 Å². The third kappa shape index (κ3) is 4.52. The van der Waals surface area contributed by atoms with Crippen LogP contribution >= 0.6 is 0 Å². The largest absolute Gasteiger partial charge is 0.507 e. The van der Waals surface area contributed by atoms with Crippen LogP contribution in [0.5, 0.6) is 5.75 Å². The van der Waals surface area contributed by atoms with Crippen LogP contribution in [0.4, 0.5) is 0 Å². The fraction of sp³-hybridized carbons (Fsp3) is 0.458. The second-order valence-electron chi connectivity index (χ2n) is 8.84. The van der Waals surface area contributed by atoms with Gasteiger partial charge in [-0.15, -0.1) is 0 Å². The second-order valence-corrected chi connectivity index (χ2v) is 8.84. The van der Waals surface area contributed by atoms with Crippen molar-refractivity contribution in [1.82, 2.24) is 0 Å². The summed E-state index contributed by atoms with van der Waals surface area (Å²) in [5.74, 6) is -0.774. The maximum Gasteiger partial charge on any atom is 0.306 e. The lowest BCUT2D eigenvalue weighted by Crippen LogP contribution is -2.24. The Morgan fingerprint density at radius 1 is 1.04 bits per heavy atom. The minimum Gasteiger partial charge on any atom is -0.507 e. The molecule has 0 heterocycles. The van der Waals surface area contributed by atoms with Gasteiger partial charge in [0.1, 0.15) is 5.75 Å². The molecule has 0 radical (unpaired) electrons. The number of aromatic hydroxyl groups is 1. The molecule has 0 saturated carbocycles. The average Bonchev–Trinajstić information content (AvgIpc) is 2.62. The Labute approximate surface area is 163 Å². The Morgan fingerprint density at radius 3 is 2.19 bits per heavy atom. The molecule has 2 N–H and O–H groups in total. The van der Waals surface area contributed by atoms with Crippen molar-refractivity contribution in [3.63, 3.8) is 0 Å². The number of aliphatic carboxylic acids is 1. The molecule has 2 aromatic carbocycles. The highest BCUT2D eigenvalue weighted by molar-refractivity contribution is 5.69. The predicted molar refractivity (Wildman–Crippen MR) is 110 cm³/mol. The average molecular weight is 369 g/mol. The van der Waals surface area contributed by atoms with Crippen molar-refractivity contribution in [3.05, 3.63) is 64.7 Å². The molecule has 1 atom stereocenters. The van der Waals surface area contributed by atoms with Crippen molar-refractivity contribution < 1.29 is 15.0 Å². The summed E-state index contributed by atoms with van der Waals surface area (Å²) in [4.78, 5) is 11.2. The van der Waals surface area contributed by atoms with Gasteiger partial charge in [-0.3, -0.25) is 4.79 Å². The molecule has 2 rings (SSSR count). The van der Waals surface area contributed by atoms with Crippen LogP contribution in [-0.4, -0.2) is 16.2 Å². The Kier molecular flexibility index (Phi) is 6.04. The van der Waals surface area contributed by atoms with Crippen LogP contribution in [0.2, 0.25) is 0 Å². The molecule has 0 aliphatic carbocycles. The van der Waals surface area contributed by atoms with E-state index in [1.165, 1.54) is 0 Å². The molecule has 0 bridgehead atoms. The zero-order valence-corrected chi connectivity index (χ0v) is 17.3. The molecule has 0 amide bonds. The van der Waals surface area contributed by atoms with Crippen LogP contribution in [0.1, 0.15) is 69.7 Å². The van der Waals surface area contributed by atoms with Gasteiger partial charge in [-0.2, -0.15) is 0 Å². The topological polar surface area (TPSA) is 57.5 Å². The Bertz CT molecular complexity index is 804. The maximum atomic E-state index is 11.2. The van der Waals surface area contributed by atoms with E-state index in [4.69, 9.17) is 0 Å². The molecule has 0 aliphatic heterocycles. The quantitative estimate of drug-likeness (QED) is 0.649. The highest BCUT2D eigenvalue weighted by Crippen LogP contribution is 2.42. The van der Waals surface area contributed by atoms with Crippen LogP contribution in [0, 0.1) is 12.8 Å². The third-order valence-electron chi connectivity index (χ3n) is 5.87. The van der Waals surface area contributed by atoms with E-state index < -0.39 is 5.97 Å². The first-order valence-electron chi connectivity index (χ1n) is 9.59. The van der Waals surface area contributed by atoms with Gasteiger partial charge in [0.2, 0.25) is 0 Å². The lowest BCUT2D eigenvalue weighted by atomic mass is 9.72. The van der Waals surface area contributed by atoms with Crippen molar-refractivity contribution in [3.8, 4) is 5.75 Å². The van der Waals surface area contributed by atoms with Crippen LogP contribution in [-0.2, 0) is 15.6 Å². The summed E-state index contributed by atoms with van der Waals surface area (Å²) in [6.45, 7) is 12.2. The third-order valence-corrected chi connectivity index (χ3v) is 5.87. The number of benzene rings is 2. The first-order chi connectivity index (χ1) is 12.5. The summed E-state index contributed by atoms with van der Waals surface area (Å²) >= 11 is 0. The Morgan fingerprint density at radius 2 is 1.63 bits per heavy atom. The summed E-state index contributed by atoms with van der Waals surface area (Å²) in [6, 6.07) is 14.3. The molecule has 0 fully saturated rings. The highest BCUT2D eigenvalue weighted by Gasteiger charge is 2.30. The molecule has 0 saturated heterocycles. The smallest absolute Gasteiger partial charge is 0.306 e. The summed E-state index contributed by atoms with van der Waals surface area (Å²) in [5, 5.41) is 20.0. The number of carboxylic acid groups (broad SMARTS) is 1. The fourth-order valence-corrected chi connectivity index (χ4v) is 3.50. The molecule has 146 valence electrons. The van der Waals surface area contributed by atoms with Gasteiger partial charge in [-0.25, -0.2) is 0 Å². The van der Waals surface area contributed by atoms with Gasteiger partial charge >= 0.3 is 5.97 Å². The minimum atomic E-state index is -0.751. The maximum absolute atomic E-state index is 11.2. The van der Waals surface area contributed by atoms with E-state index in [1.54, 1.807) is 6.92 Å². The molecular formula is C24H32O3. The van der Waals surface area contributed by atoms with Gasteiger partial charge in [0.15, 0.2) is 0 Å². The van der Waals surface area contributed by atoms with Crippen LogP contribution in [0.15, 0.2) is 42.5 Å². The number of phenols is 1. The predicted octanol–water partition coefficient (Wildman–Crippen LogP) is 5.81. The fourth-order valence-electron chi connectivity index (χ4n) is 3.50. The number of carbonyl (C=O) groups is 1.